The summed E-state index contributed by atoms with van der Waals surface area (Å²) in [5, 5.41) is 0.892. The normalized spacial score (nSPS) is 12.2. The molecule has 0 saturated carbocycles. The lowest BCUT2D eigenvalue weighted by molar-refractivity contribution is -0.147. The Bertz CT molecular complexity index is 791. The molecule has 0 aliphatic carbocycles. The van der Waals surface area contributed by atoms with Crippen LogP contribution in [0.15, 0.2) is 27.4 Å². The van der Waals surface area contributed by atoms with Crippen molar-refractivity contribution in [2.45, 2.75) is 59.0 Å². The number of hydrogen-bond acceptors (Lipinski definition) is 5. The van der Waals surface area contributed by atoms with Gasteiger partial charge in [0, 0.05) is 17.0 Å². The Labute approximate surface area is 147 Å². The molecule has 5 nitrogen and oxygen atoms in total. The minimum absolute atomic E-state index is 0.292. The molecule has 1 heterocycles. The van der Waals surface area contributed by atoms with Gasteiger partial charge in [-0.05, 0) is 44.4 Å². The monoisotopic (exact) mass is 346 g/mol. The number of methoxy groups -OCH3 is 1. The van der Waals surface area contributed by atoms with Gasteiger partial charge in [-0.25, -0.2) is 9.59 Å². The standard InChI is InChI=1S/C20H26O5/c1-5-6-7-8-9-17-13(2)16-11-10-15(12-18(16)25-20(17)22)24-14(3)19(21)23-4/h10-12,14H,5-9H2,1-4H3. The van der Waals surface area contributed by atoms with Gasteiger partial charge in [-0.2, -0.15) is 0 Å². The first-order valence-corrected chi connectivity index (χ1v) is 8.78. The molecule has 0 radical (unpaired) electrons. The van der Waals surface area contributed by atoms with Crippen molar-refractivity contribution in [1.82, 2.24) is 0 Å². The number of ether oxygens (including phenoxy) is 2. The molecule has 0 fully saturated rings. The molecule has 25 heavy (non-hydrogen) atoms. The maximum atomic E-state index is 12.3. The van der Waals surface area contributed by atoms with Gasteiger partial charge in [-0.1, -0.05) is 26.2 Å². The van der Waals surface area contributed by atoms with E-state index in [9.17, 15) is 9.59 Å². The molecule has 0 aliphatic rings. The molecule has 5 heteroatoms. The Hall–Kier alpha value is -2.30. The molecule has 0 spiro atoms. The van der Waals surface area contributed by atoms with Gasteiger partial charge in [0.15, 0.2) is 6.10 Å². The second-order valence-corrected chi connectivity index (χ2v) is 6.24. The lowest BCUT2D eigenvalue weighted by Crippen LogP contribution is -2.24. The largest absolute Gasteiger partial charge is 0.479 e. The van der Waals surface area contributed by atoms with E-state index in [4.69, 9.17) is 9.15 Å². The summed E-state index contributed by atoms with van der Waals surface area (Å²) < 4.78 is 15.7. The summed E-state index contributed by atoms with van der Waals surface area (Å²) in [6.45, 7) is 5.72. The second kappa shape index (κ2) is 8.70. The third kappa shape index (κ3) is 4.62. The van der Waals surface area contributed by atoms with Gasteiger partial charge in [-0.3, -0.25) is 0 Å². The molecule has 0 N–H and O–H groups in total. The van der Waals surface area contributed by atoms with E-state index >= 15 is 0 Å². The molecule has 2 rings (SSSR count). The Kier molecular flexibility index (Phi) is 6.62. The first kappa shape index (κ1) is 19.0. The van der Waals surface area contributed by atoms with Crippen LogP contribution in [0.1, 0.15) is 50.7 Å². The first-order valence-electron chi connectivity index (χ1n) is 8.78. The van der Waals surface area contributed by atoms with Crippen LogP contribution >= 0.6 is 0 Å². The summed E-state index contributed by atoms with van der Waals surface area (Å²) in [6, 6.07) is 5.28. The highest BCUT2D eigenvalue weighted by Gasteiger charge is 2.16. The van der Waals surface area contributed by atoms with E-state index in [-0.39, 0.29) is 5.63 Å². The van der Waals surface area contributed by atoms with Gasteiger partial charge in [0.05, 0.1) is 7.11 Å². The van der Waals surface area contributed by atoms with Crippen LogP contribution in [-0.4, -0.2) is 19.2 Å². The minimum Gasteiger partial charge on any atom is -0.479 e. The number of esters is 1. The Morgan fingerprint density at radius 1 is 1.24 bits per heavy atom. The third-order valence-corrected chi connectivity index (χ3v) is 4.39. The summed E-state index contributed by atoms with van der Waals surface area (Å²) in [7, 11) is 1.31. The summed E-state index contributed by atoms with van der Waals surface area (Å²) in [4.78, 5) is 23.8. The molecule has 2 aromatic rings. The molecule has 1 atom stereocenters. The predicted molar refractivity (Wildman–Crippen MR) is 97.2 cm³/mol. The van der Waals surface area contributed by atoms with Gasteiger partial charge in [0.2, 0.25) is 0 Å². The highest BCUT2D eigenvalue weighted by Crippen LogP contribution is 2.25. The van der Waals surface area contributed by atoms with Gasteiger partial charge < -0.3 is 13.9 Å². The molecule has 0 bridgehead atoms. The van der Waals surface area contributed by atoms with Crippen molar-refractivity contribution < 1.29 is 18.7 Å². The molecule has 136 valence electrons. The number of rotatable bonds is 8. The second-order valence-electron chi connectivity index (χ2n) is 6.24. The van der Waals surface area contributed by atoms with E-state index in [1.54, 1.807) is 19.1 Å². The summed E-state index contributed by atoms with van der Waals surface area (Å²) >= 11 is 0. The van der Waals surface area contributed by atoms with Crippen molar-refractivity contribution >= 4 is 16.9 Å². The van der Waals surface area contributed by atoms with E-state index in [2.05, 4.69) is 11.7 Å². The van der Waals surface area contributed by atoms with Crippen LogP contribution in [0.5, 0.6) is 5.75 Å². The highest BCUT2D eigenvalue weighted by molar-refractivity contribution is 5.82. The number of aryl methyl sites for hydroxylation is 1. The van der Waals surface area contributed by atoms with Crippen molar-refractivity contribution in [2.24, 2.45) is 0 Å². The SMILES string of the molecule is CCCCCCc1c(C)c2ccc(OC(C)C(=O)OC)cc2oc1=O. The van der Waals surface area contributed by atoms with Gasteiger partial charge in [0.25, 0.3) is 0 Å². The molecular formula is C20H26O5. The molecule has 1 unspecified atom stereocenters. The van der Waals surface area contributed by atoms with Crippen LogP contribution in [0.3, 0.4) is 0 Å². The summed E-state index contributed by atoms with van der Waals surface area (Å²) in [5.41, 5.74) is 1.88. The number of unbranched alkanes of at least 4 members (excludes halogenated alkanes) is 3. The third-order valence-electron chi connectivity index (χ3n) is 4.39. The summed E-state index contributed by atoms with van der Waals surface area (Å²) in [5.74, 6) is 0.00352. The predicted octanol–water partition coefficient (Wildman–Crippen LogP) is 4.16. The highest BCUT2D eigenvalue weighted by atomic mass is 16.6. The maximum absolute atomic E-state index is 12.3. The maximum Gasteiger partial charge on any atom is 0.346 e. The van der Waals surface area contributed by atoms with Crippen LogP contribution in [0.25, 0.3) is 11.0 Å². The van der Waals surface area contributed by atoms with E-state index in [0.717, 1.165) is 42.2 Å². The Morgan fingerprint density at radius 3 is 2.68 bits per heavy atom. The van der Waals surface area contributed by atoms with Gasteiger partial charge in [-0.15, -0.1) is 0 Å². The zero-order chi connectivity index (χ0) is 18.4. The fourth-order valence-electron chi connectivity index (χ4n) is 2.88. The molecule has 0 aliphatic heterocycles. The molecule has 0 saturated heterocycles. The average Bonchev–Trinajstić information content (AvgIpc) is 2.59. The van der Waals surface area contributed by atoms with E-state index in [1.807, 2.05) is 13.0 Å². The fourth-order valence-corrected chi connectivity index (χ4v) is 2.88. The molecular weight excluding hydrogens is 320 g/mol. The lowest BCUT2D eigenvalue weighted by Gasteiger charge is -2.13. The van der Waals surface area contributed by atoms with Crippen molar-refractivity contribution in [3.8, 4) is 5.75 Å². The Morgan fingerprint density at radius 2 is 2.00 bits per heavy atom. The summed E-state index contributed by atoms with van der Waals surface area (Å²) in [6.07, 6.45) is 4.46. The lowest BCUT2D eigenvalue weighted by atomic mass is 10.0. The molecule has 1 aromatic heterocycles. The number of carbonyl (C=O) groups is 1. The quantitative estimate of drug-likeness (QED) is 0.408. The first-order chi connectivity index (χ1) is 12.0. The Balaban J connectivity index is 2.26. The van der Waals surface area contributed by atoms with Crippen molar-refractivity contribution in [3.63, 3.8) is 0 Å². The van der Waals surface area contributed by atoms with Gasteiger partial charge in [0.1, 0.15) is 11.3 Å². The zero-order valence-corrected chi connectivity index (χ0v) is 15.4. The number of benzene rings is 1. The molecule has 0 amide bonds. The van der Waals surface area contributed by atoms with Crippen molar-refractivity contribution in [2.75, 3.05) is 7.11 Å². The van der Waals surface area contributed by atoms with Crippen LogP contribution in [-0.2, 0) is 16.0 Å². The van der Waals surface area contributed by atoms with E-state index in [0.29, 0.717) is 11.3 Å². The van der Waals surface area contributed by atoms with Crippen LogP contribution in [0.2, 0.25) is 0 Å². The average molecular weight is 346 g/mol. The smallest absolute Gasteiger partial charge is 0.346 e. The minimum atomic E-state index is -0.729. The number of hydrogen-bond donors (Lipinski definition) is 0. The van der Waals surface area contributed by atoms with E-state index in [1.165, 1.54) is 13.5 Å². The number of carbonyl (C=O) groups excluding carboxylic acids is 1. The number of fused-ring (bicyclic) bond motifs is 1. The molecule has 1 aromatic carbocycles. The fraction of sp³-hybridized carbons (Fsp3) is 0.500. The van der Waals surface area contributed by atoms with Crippen LogP contribution < -0.4 is 10.4 Å². The van der Waals surface area contributed by atoms with Gasteiger partial charge >= 0.3 is 11.6 Å². The topological polar surface area (TPSA) is 65.7 Å². The van der Waals surface area contributed by atoms with Crippen molar-refractivity contribution in [3.05, 3.63) is 39.7 Å². The zero-order valence-electron chi connectivity index (χ0n) is 15.4. The van der Waals surface area contributed by atoms with Crippen molar-refractivity contribution in [1.29, 1.82) is 0 Å². The van der Waals surface area contributed by atoms with Crippen LogP contribution in [0.4, 0.5) is 0 Å². The van der Waals surface area contributed by atoms with E-state index < -0.39 is 12.1 Å². The van der Waals surface area contributed by atoms with Crippen LogP contribution in [0, 0.1) is 6.92 Å².